The summed E-state index contributed by atoms with van der Waals surface area (Å²) in [7, 11) is 0. The highest BCUT2D eigenvalue weighted by molar-refractivity contribution is 5.94. The van der Waals surface area contributed by atoms with Gasteiger partial charge in [-0.1, -0.05) is 17.7 Å². The van der Waals surface area contributed by atoms with E-state index in [2.05, 4.69) is 10.6 Å². The molecule has 1 fully saturated rings. The number of hydrogen-bond acceptors (Lipinski definition) is 2. The van der Waals surface area contributed by atoms with Gasteiger partial charge in [0, 0.05) is 12.1 Å². The van der Waals surface area contributed by atoms with Crippen molar-refractivity contribution in [1.29, 1.82) is 0 Å². The lowest BCUT2D eigenvalue weighted by Gasteiger charge is -2.10. The van der Waals surface area contributed by atoms with Crippen LogP contribution in [0.5, 0.6) is 0 Å². The van der Waals surface area contributed by atoms with Gasteiger partial charge in [-0.2, -0.15) is 0 Å². The van der Waals surface area contributed by atoms with E-state index in [1.807, 2.05) is 31.2 Å². The summed E-state index contributed by atoms with van der Waals surface area (Å²) < 4.78 is 0. The van der Waals surface area contributed by atoms with Crippen molar-refractivity contribution in [1.82, 2.24) is 10.6 Å². The van der Waals surface area contributed by atoms with Gasteiger partial charge in [0.05, 0.1) is 0 Å². The molecule has 0 spiro atoms. The minimum absolute atomic E-state index is 0.0342. The molecule has 1 saturated heterocycles. The van der Waals surface area contributed by atoms with Gasteiger partial charge >= 0.3 is 0 Å². The Morgan fingerprint density at radius 3 is 2.81 bits per heavy atom. The maximum atomic E-state index is 11.8. The molecule has 1 aliphatic heterocycles. The summed E-state index contributed by atoms with van der Waals surface area (Å²) in [5.74, 6) is 0.626. The molecule has 0 aromatic heterocycles. The fraction of sp³-hybridized carbons (Fsp3) is 0.462. The molecule has 3 nitrogen and oxygen atoms in total. The van der Waals surface area contributed by atoms with E-state index in [9.17, 15) is 4.79 Å². The summed E-state index contributed by atoms with van der Waals surface area (Å²) in [6.07, 6.45) is 1.16. The molecule has 1 unspecified atom stereocenters. The summed E-state index contributed by atoms with van der Waals surface area (Å²) in [5.41, 5.74) is 1.92. The number of aryl methyl sites for hydroxylation is 1. The average molecular weight is 218 g/mol. The second-order valence-electron chi connectivity index (χ2n) is 4.43. The predicted molar refractivity (Wildman–Crippen MR) is 64.5 cm³/mol. The lowest BCUT2D eigenvalue weighted by Crippen LogP contribution is -2.30. The van der Waals surface area contributed by atoms with Gasteiger partial charge in [0.1, 0.15) is 0 Å². The van der Waals surface area contributed by atoms with Crippen molar-refractivity contribution in [2.75, 3.05) is 19.6 Å². The molecule has 3 heteroatoms. The number of amides is 1. The number of nitrogens with one attached hydrogen (secondary N) is 2. The minimum Gasteiger partial charge on any atom is -0.352 e. The fourth-order valence-corrected chi connectivity index (χ4v) is 1.93. The van der Waals surface area contributed by atoms with E-state index >= 15 is 0 Å². The lowest BCUT2D eigenvalue weighted by atomic mass is 10.1. The quantitative estimate of drug-likeness (QED) is 0.803. The van der Waals surface area contributed by atoms with Crippen LogP contribution < -0.4 is 10.6 Å². The van der Waals surface area contributed by atoms with Crippen molar-refractivity contribution < 1.29 is 4.79 Å². The zero-order chi connectivity index (χ0) is 11.4. The normalized spacial score (nSPS) is 19.7. The summed E-state index contributed by atoms with van der Waals surface area (Å²) in [5, 5.41) is 6.27. The van der Waals surface area contributed by atoms with Crippen LogP contribution in [-0.4, -0.2) is 25.5 Å². The first-order valence-corrected chi connectivity index (χ1v) is 5.81. The van der Waals surface area contributed by atoms with Crippen molar-refractivity contribution in [2.24, 2.45) is 5.92 Å². The molecule has 1 aliphatic rings. The fourth-order valence-electron chi connectivity index (χ4n) is 1.93. The average Bonchev–Trinajstić information content (AvgIpc) is 2.80. The third-order valence-corrected chi connectivity index (χ3v) is 3.03. The number of benzene rings is 1. The van der Waals surface area contributed by atoms with Crippen molar-refractivity contribution in [3.05, 3.63) is 35.4 Å². The molecular formula is C13H18N2O. The minimum atomic E-state index is 0.0342. The Hall–Kier alpha value is -1.35. The highest BCUT2D eigenvalue weighted by atomic mass is 16.1. The second kappa shape index (κ2) is 5.12. The molecule has 86 valence electrons. The Balaban J connectivity index is 1.85. The molecule has 0 aliphatic carbocycles. The van der Waals surface area contributed by atoms with Gasteiger partial charge in [0.2, 0.25) is 0 Å². The van der Waals surface area contributed by atoms with Gasteiger partial charge in [0.15, 0.2) is 0 Å². The molecule has 16 heavy (non-hydrogen) atoms. The third kappa shape index (κ3) is 2.83. The molecule has 1 aromatic carbocycles. The number of carbonyl (C=O) groups excluding carboxylic acids is 1. The summed E-state index contributed by atoms with van der Waals surface area (Å²) in [4.78, 5) is 11.8. The number of carbonyl (C=O) groups is 1. The SMILES string of the molecule is Cc1ccc(C(=O)NCC2CCNC2)cc1. The summed E-state index contributed by atoms with van der Waals surface area (Å²) >= 11 is 0. The van der Waals surface area contributed by atoms with Crippen molar-refractivity contribution in [2.45, 2.75) is 13.3 Å². The van der Waals surface area contributed by atoms with Crippen molar-refractivity contribution in [3.8, 4) is 0 Å². The molecule has 0 saturated carbocycles. The van der Waals surface area contributed by atoms with Crippen LogP contribution >= 0.6 is 0 Å². The zero-order valence-electron chi connectivity index (χ0n) is 9.62. The summed E-state index contributed by atoms with van der Waals surface area (Å²) in [6, 6.07) is 7.67. The molecular weight excluding hydrogens is 200 g/mol. The van der Waals surface area contributed by atoms with Gasteiger partial charge in [-0.25, -0.2) is 0 Å². The highest BCUT2D eigenvalue weighted by Gasteiger charge is 2.15. The monoisotopic (exact) mass is 218 g/mol. The molecule has 1 atom stereocenters. The standard InChI is InChI=1S/C13H18N2O/c1-10-2-4-12(5-3-10)13(16)15-9-11-6-7-14-8-11/h2-5,11,14H,6-9H2,1H3,(H,15,16). The predicted octanol–water partition coefficient (Wildman–Crippen LogP) is 1.33. The van der Waals surface area contributed by atoms with E-state index in [-0.39, 0.29) is 5.91 Å². The maximum absolute atomic E-state index is 11.8. The Morgan fingerprint density at radius 2 is 2.19 bits per heavy atom. The van der Waals surface area contributed by atoms with E-state index in [0.717, 1.165) is 31.6 Å². The van der Waals surface area contributed by atoms with Gasteiger partial charge in [-0.15, -0.1) is 0 Å². The van der Waals surface area contributed by atoms with Crippen LogP contribution in [0.2, 0.25) is 0 Å². The zero-order valence-corrected chi connectivity index (χ0v) is 9.62. The van der Waals surface area contributed by atoms with Crippen LogP contribution in [0, 0.1) is 12.8 Å². The lowest BCUT2D eigenvalue weighted by molar-refractivity contribution is 0.0948. The van der Waals surface area contributed by atoms with E-state index < -0.39 is 0 Å². The maximum Gasteiger partial charge on any atom is 0.251 e. The van der Waals surface area contributed by atoms with Crippen LogP contribution in [-0.2, 0) is 0 Å². The molecule has 0 radical (unpaired) electrons. The smallest absolute Gasteiger partial charge is 0.251 e. The molecule has 2 N–H and O–H groups in total. The Bertz CT molecular complexity index is 353. The number of rotatable bonds is 3. The van der Waals surface area contributed by atoms with E-state index in [1.165, 1.54) is 5.56 Å². The Kier molecular flexibility index (Phi) is 3.57. The van der Waals surface area contributed by atoms with Gasteiger partial charge in [0.25, 0.3) is 5.91 Å². The van der Waals surface area contributed by atoms with Crippen LogP contribution in [0.15, 0.2) is 24.3 Å². The molecule has 0 bridgehead atoms. The van der Waals surface area contributed by atoms with Gasteiger partial charge in [-0.3, -0.25) is 4.79 Å². The third-order valence-electron chi connectivity index (χ3n) is 3.03. The van der Waals surface area contributed by atoms with Crippen molar-refractivity contribution in [3.63, 3.8) is 0 Å². The van der Waals surface area contributed by atoms with Crippen LogP contribution in [0.25, 0.3) is 0 Å². The van der Waals surface area contributed by atoms with E-state index in [1.54, 1.807) is 0 Å². The molecule has 1 aromatic rings. The number of hydrogen-bond donors (Lipinski definition) is 2. The Labute approximate surface area is 96.2 Å². The molecule has 1 heterocycles. The Morgan fingerprint density at radius 1 is 1.44 bits per heavy atom. The largest absolute Gasteiger partial charge is 0.352 e. The first-order chi connectivity index (χ1) is 7.75. The highest BCUT2D eigenvalue weighted by Crippen LogP contribution is 2.07. The van der Waals surface area contributed by atoms with Crippen molar-refractivity contribution >= 4 is 5.91 Å². The first kappa shape index (κ1) is 11.1. The van der Waals surface area contributed by atoms with Crippen LogP contribution in [0.4, 0.5) is 0 Å². The topological polar surface area (TPSA) is 41.1 Å². The van der Waals surface area contributed by atoms with Crippen LogP contribution in [0.3, 0.4) is 0 Å². The second-order valence-corrected chi connectivity index (χ2v) is 4.43. The summed E-state index contributed by atoms with van der Waals surface area (Å²) in [6.45, 7) is 4.89. The van der Waals surface area contributed by atoms with Gasteiger partial charge in [-0.05, 0) is 44.5 Å². The van der Waals surface area contributed by atoms with Gasteiger partial charge < -0.3 is 10.6 Å². The van der Waals surface area contributed by atoms with E-state index in [0.29, 0.717) is 5.92 Å². The van der Waals surface area contributed by atoms with E-state index in [4.69, 9.17) is 0 Å². The first-order valence-electron chi connectivity index (χ1n) is 5.81. The molecule has 1 amide bonds. The van der Waals surface area contributed by atoms with Crippen LogP contribution in [0.1, 0.15) is 22.3 Å². The molecule has 2 rings (SSSR count).